The van der Waals surface area contributed by atoms with Crippen LogP contribution in [0.15, 0.2) is 86.7 Å². The van der Waals surface area contributed by atoms with E-state index >= 15 is 0 Å². The van der Waals surface area contributed by atoms with E-state index in [0.29, 0.717) is 37.8 Å². The lowest BCUT2D eigenvalue weighted by Gasteiger charge is -2.31. The molecule has 0 saturated heterocycles. The van der Waals surface area contributed by atoms with E-state index in [1.807, 2.05) is 86.6 Å². The number of hydrazine groups is 1. The summed E-state index contributed by atoms with van der Waals surface area (Å²) < 4.78 is 19.6. The lowest BCUT2D eigenvalue weighted by atomic mass is 9.82. The second-order valence-corrected chi connectivity index (χ2v) is 11.9. The third kappa shape index (κ3) is 8.20. The molecular formula is C32H37Br2N3O5. The van der Waals surface area contributed by atoms with E-state index in [1.165, 1.54) is 0 Å². The number of halogens is 2. The molecule has 10 heteroatoms. The lowest BCUT2D eigenvalue weighted by Crippen LogP contribution is -2.54. The van der Waals surface area contributed by atoms with Crippen LogP contribution in [0.1, 0.15) is 49.5 Å². The van der Waals surface area contributed by atoms with Gasteiger partial charge in [-0.1, -0.05) is 68.3 Å². The van der Waals surface area contributed by atoms with Crippen molar-refractivity contribution in [1.82, 2.24) is 10.9 Å². The second-order valence-electron chi connectivity index (χ2n) is 10.2. The average Bonchev–Trinajstić information content (AvgIpc) is 3.37. The maximum Gasteiger partial charge on any atom is 0.266 e. The van der Waals surface area contributed by atoms with Crippen molar-refractivity contribution in [3.63, 3.8) is 0 Å². The van der Waals surface area contributed by atoms with Crippen LogP contribution in [0, 0.1) is 0 Å². The molecule has 0 aromatic heterocycles. The van der Waals surface area contributed by atoms with Crippen molar-refractivity contribution in [3.05, 3.63) is 98.4 Å². The third-order valence-electron chi connectivity index (χ3n) is 6.73. The van der Waals surface area contributed by atoms with Crippen LogP contribution in [0.3, 0.4) is 0 Å². The Kier molecular flexibility index (Phi) is 12.0. The Balaban J connectivity index is 1.70. The van der Waals surface area contributed by atoms with E-state index in [2.05, 4.69) is 42.7 Å². The van der Waals surface area contributed by atoms with Gasteiger partial charge in [-0.15, -0.1) is 0 Å². The maximum atomic E-state index is 14.2. The molecule has 224 valence electrons. The molecule has 0 radical (unpaired) electrons. The summed E-state index contributed by atoms with van der Waals surface area (Å²) in [6.07, 6.45) is 1.01. The molecule has 1 heterocycles. The van der Waals surface area contributed by atoms with Crippen LogP contribution in [0.4, 0.5) is 0 Å². The zero-order valence-electron chi connectivity index (χ0n) is 23.8. The second kappa shape index (κ2) is 15.6. The summed E-state index contributed by atoms with van der Waals surface area (Å²) in [5.41, 5.74) is 7.12. The first-order valence-electron chi connectivity index (χ1n) is 14.1. The monoisotopic (exact) mass is 701 g/mol. The molecule has 1 aliphatic rings. The highest BCUT2D eigenvalue weighted by molar-refractivity contribution is 9.10. The van der Waals surface area contributed by atoms with Crippen LogP contribution < -0.4 is 15.6 Å². The first-order chi connectivity index (χ1) is 20.3. The molecule has 0 unspecified atom stereocenters. The van der Waals surface area contributed by atoms with Gasteiger partial charge in [0.05, 0.1) is 12.7 Å². The number of benzene rings is 3. The smallest absolute Gasteiger partial charge is 0.266 e. The Morgan fingerprint density at radius 1 is 1.00 bits per heavy atom. The summed E-state index contributed by atoms with van der Waals surface area (Å²) in [6, 6.07) is 23.0. The molecule has 8 nitrogen and oxygen atoms in total. The third-order valence-corrected chi connectivity index (χ3v) is 8.23. The number of carbonyl (C=O) groups is 1. The normalized spacial score (nSPS) is 18.0. The molecule has 3 aromatic rings. The molecule has 0 bridgehead atoms. The number of rotatable bonds is 15. The number of aliphatic hydroxyl groups is 1. The van der Waals surface area contributed by atoms with Gasteiger partial charge in [-0.3, -0.25) is 10.2 Å². The van der Waals surface area contributed by atoms with Gasteiger partial charge in [-0.05, 0) is 62.2 Å². The largest absolute Gasteiger partial charge is 0.494 e. The fraction of sp³-hybridized carbons (Fsp3) is 0.375. The van der Waals surface area contributed by atoms with Gasteiger partial charge < -0.3 is 19.3 Å². The summed E-state index contributed by atoms with van der Waals surface area (Å²) in [7, 11) is 0. The SMILES string of the molecule is CC(C)OCCCNNC(=O)[C@@]1(Cc2ccccc2Br)N=C(c2ccc(OCCCO)cc2)O[C@H]1c1ccccc1Br. The van der Waals surface area contributed by atoms with Crippen molar-refractivity contribution < 1.29 is 24.1 Å². The molecule has 42 heavy (non-hydrogen) atoms. The van der Waals surface area contributed by atoms with Crippen LogP contribution in [-0.2, 0) is 20.7 Å². The first kappa shape index (κ1) is 32.2. The summed E-state index contributed by atoms with van der Waals surface area (Å²) >= 11 is 7.34. The van der Waals surface area contributed by atoms with Gasteiger partial charge in [0, 0.05) is 52.7 Å². The number of aliphatic hydroxyl groups excluding tert-OH is 1. The molecular weight excluding hydrogens is 666 g/mol. The quantitative estimate of drug-likeness (QED) is 0.135. The number of carbonyl (C=O) groups excluding carboxylic acids is 1. The van der Waals surface area contributed by atoms with Crippen molar-refractivity contribution in [2.24, 2.45) is 4.99 Å². The Bertz CT molecular complexity index is 1350. The van der Waals surface area contributed by atoms with E-state index < -0.39 is 11.6 Å². The van der Waals surface area contributed by atoms with E-state index in [9.17, 15) is 4.79 Å². The van der Waals surface area contributed by atoms with Crippen LogP contribution >= 0.6 is 31.9 Å². The molecule has 0 spiro atoms. The van der Waals surface area contributed by atoms with Crippen LogP contribution in [0.25, 0.3) is 0 Å². The first-order valence-corrected chi connectivity index (χ1v) is 15.7. The molecule has 1 aliphatic heterocycles. The minimum Gasteiger partial charge on any atom is -0.494 e. The number of amides is 1. The van der Waals surface area contributed by atoms with Gasteiger partial charge in [0.15, 0.2) is 11.6 Å². The Labute approximate surface area is 264 Å². The van der Waals surface area contributed by atoms with E-state index in [-0.39, 0.29) is 25.0 Å². The van der Waals surface area contributed by atoms with Gasteiger partial charge in [0.25, 0.3) is 5.91 Å². The standard InChI is InChI=1S/C32H37Br2N3O5/c1-22(2)40-19-7-17-35-37-31(39)32(21-24-9-3-5-11-27(24)33)29(26-10-4-6-12-28(26)34)42-30(36-32)23-13-15-25(16-14-23)41-20-8-18-38/h3-6,9-16,22,29,35,38H,7-8,17-21H2,1-2H3,(H,37,39)/t29-,32-/m0/s1. The fourth-order valence-electron chi connectivity index (χ4n) is 4.61. The minimum atomic E-state index is -1.33. The topological polar surface area (TPSA) is 101 Å². The van der Waals surface area contributed by atoms with Gasteiger partial charge in [0.1, 0.15) is 5.75 Å². The predicted molar refractivity (Wildman–Crippen MR) is 171 cm³/mol. The Morgan fingerprint density at radius 2 is 1.71 bits per heavy atom. The van der Waals surface area contributed by atoms with Crippen LogP contribution in [0.2, 0.25) is 0 Å². The van der Waals surface area contributed by atoms with Crippen LogP contribution in [-0.4, -0.2) is 54.9 Å². The summed E-state index contributed by atoms with van der Waals surface area (Å²) in [5, 5.41) is 9.04. The fourth-order valence-corrected chi connectivity index (χ4v) is 5.53. The van der Waals surface area contributed by atoms with Crippen molar-refractivity contribution in [1.29, 1.82) is 0 Å². The number of hydrogen-bond donors (Lipinski definition) is 3. The molecule has 3 N–H and O–H groups in total. The van der Waals surface area contributed by atoms with E-state index in [4.69, 9.17) is 24.3 Å². The zero-order valence-corrected chi connectivity index (χ0v) is 27.0. The Hall–Kier alpha value is -2.76. The highest BCUT2D eigenvalue weighted by Crippen LogP contribution is 2.45. The highest BCUT2D eigenvalue weighted by atomic mass is 79.9. The number of ether oxygens (including phenoxy) is 3. The predicted octanol–water partition coefficient (Wildman–Crippen LogP) is 5.91. The Morgan fingerprint density at radius 3 is 2.40 bits per heavy atom. The minimum absolute atomic E-state index is 0.0709. The van der Waals surface area contributed by atoms with E-state index in [0.717, 1.165) is 32.1 Å². The molecule has 0 aliphatic carbocycles. The zero-order chi connectivity index (χ0) is 30.0. The summed E-state index contributed by atoms with van der Waals surface area (Å²) in [6.45, 7) is 5.61. The molecule has 3 aromatic carbocycles. The maximum absolute atomic E-state index is 14.2. The lowest BCUT2D eigenvalue weighted by molar-refractivity contribution is -0.130. The number of nitrogens with zero attached hydrogens (tertiary/aromatic N) is 1. The average molecular weight is 703 g/mol. The van der Waals surface area contributed by atoms with Crippen molar-refractivity contribution >= 4 is 43.7 Å². The van der Waals surface area contributed by atoms with Gasteiger partial charge in [-0.2, -0.15) is 0 Å². The molecule has 1 amide bonds. The summed E-state index contributed by atoms with van der Waals surface area (Å²) in [4.78, 5) is 19.3. The van der Waals surface area contributed by atoms with Gasteiger partial charge in [-0.25, -0.2) is 10.4 Å². The van der Waals surface area contributed by atoms with Gasteiger partial charge >= 0.3 is 0 Å². The molecule has 0 saturated carbocycles. The van der Waals surface area contributed by atoms with Crippen molar-refractivity contribution in [2.75, 3.05) is 26.4 Å². The van der Waals surface area contributed by atoms with Crippen molar-refractivity contribution in [3.8, 4) is 5.75 Å². The highest BCUT2D eigenvalue weighted by Gasteiger charge is 2.54. The van der Waals surface area contributed by atoms with Crippen LogP contribution in [0.5, 0.6) is 5.75 Å². The van der Waals surface area contributed by atoms with Crippen molar-refractivity contribution in [2.45, 2.75) is 50.9 Å². The summed E-state index contributed by atoms with van der Waals surface area (Å²) in [5.74, 6) is 0.740. The van der Waals surface area contributed by atoms with E-state index in [1.54, 1.807) is 0 Å². The number of nitrogens with one attached hydrogen (secondary N) is 2. The molecule has 4 rings (SSSR count). The van der Waals surface area contributed by atoms with Gasteiger partial charge in [0.2, 0.25) is 5.90 Å². The number of hydrogen-bond acceptors (Lipinski definition) is 7. The molecule has 0 fully saturated rings. The molecule has 2 atom stereocenters. The number of aliphatic imine (C=N–C) groups is 1.